The molecule has 1 amide bonds. The molecule has 38 heavy (non-hydrogen) atoms. The van der Waals surface area contributed by atoms with Gasteiger partial charge in [-0.25, -0.2) is 13.1 Å². The Morgan fingerprint density at radius 3 is 2.32 bits per heavy atom. The van der Waals surface area contributed by atoms with Crippen LogP contribution in [0, 0.1) is 6.92 Å². The van der Waals surface area contributed by atoms with Crippen LogP contribution in [0.1, 0.15) is 32.7 Å². The molecule has 0 aliphatic carbocycles. The van der Waals surface area contributed by atoms with Crippen LogP contribution in [-0.2, 0) is 32.7 Å². The number of rotatable bonds is 11. The number of amides is 1. The van der Waals surface area contributed by atoms with Gasteiger partial charge in [0.1, 0.15) is 6.61 Å². The van der Waals surface area contributed by atoms with Crippen molar-refractivity contribution in [2.24, 2.45) is 0 Å². The number of aromatic nitrogens is 1. The zero-order valence-electron chi connectivity index (χ0n) is 20.9. The van der Waals surface area contributed by atoms with Crippen molar-refractivity contribution in [3.8, 4) is 0 Å². The second-order valence-electron chi connectivity index (χ2n) is 8.72. The number of aryl methyl sites for hydroxylation is 1. The molecule has 3 aromatic carbocycles. The molecule has 1 aromatic heterocycles. The third-order valence-electron chi connectivity index (χ3n) is 5.77. The Labute approximate surface area is 222 Å². The van der Waals surface area contributed by atoms with E-state index in [2.05, 4.69) is 0 Å². The van der Waals surface area contributed by atoms with Crippen LogP contribution in [0.15, 0.2) is 108 Å². The standard InChI is InChI=1S/C30H28N2O5S/c1-23-11-17-26(18-12-23)30(34)28-10-6-20-32(28)19-5-7-24-13-15-25(16-14-24)21-37-22-29(33)31-38(35,36)27-8-3-2-4-9-27/h2-18,20H,19,21-22H2,1H3,(H,31,33). The lowest BCUT2D eigenvalue weighted by atomic mass is 10.1. The maximum Gasteiger partial charge on any atom is 0.264 e. The molecule has 0 unspecified atom stereocenters. The minimum Gasteiger partial charge on any atom is -0.367 e. The van der Waals surface area contributed by atoms with E-state index < -0.39 is 15.9 Å². The molecule has 0 saturated heterocycles. The number of sulfonamides is 1. The largest absolute Gasteiger partial charge is 0.367 e. The van der Waals surface area contributed by atoms with Crippen molar-refractivity contribution in [2.75, 3.05) is 6.61 Å². The maximum atomic E-state index is 12.9. The quantitative estimate of drug-likeness (QED) is 0.283. The molecule has 8 heteroatoms. The highest BCUT2D eigenvalue weighted by molar-refractivity contribution is 7.90. The molecule has 4 aromatic rings. The van der Waals surface area contributed by atoms with Crippen LogP contribution in [0.5, 0.6) is 0 Å². The summed E-state index contributed by atoms with van der Waals surface area (Å²) in [5.41, 5.74) is 4.22. The van der Waals surface area contributed by atoms with E-state index in [-0.39, 0.29) is 23.9 Å². The number of hydrogen-bond donors (Lipinski definition) is 1. The predicted molar refractivity (Wildman–Crippen MR) is 146 cm³/mol. The predicted octanol–water partition coefficient (Wildman–Crippen LogP) is 4.76. The van der Waals surface area contributed by atoms with Crippen LogP contribution >= 0.6 is 0 Å². The first kappa shape index (κ1) is 26.8. The van der Waals surface area contributed by atoms with E-state index in [0.29, 0.717) is 17.8 Å². The van der Waals surface area contributed by atoms with Gasteiger partial charge >= 0.3 is 0 Å². The van der Waals surface area contributed by atoms with Crippen LogP contribution in [-0.4, -0.2) is 31.3 Å². The van der Waals surface area contributed by atoms with Crippen molar-refractivity contribution in [1.82, 2.24) is 9.29 Å². The fourth-order valence-corrected chi connectivity index (χ4v) is 4.75. The summed E-state index contributed by atoms with van der Waals surface area (Å²) in [5.74, 6) is -0.752. The first-order chi connectivity index (χ1) is 18.3. The SMILES string of the molecule is Cc1ccc(C(=O)c2cccn2CC=Cc2ccc(COCC(=O)NS(=O)(=O)c3ccccc3)cc2)cc1. The van der Waals surface area contributed by atoms with Gasteiger partial charge in [0.15, 0.2) is 0 Å². The van der Waals surface area contributed by atoms with Crippen molar-refractivity contribution in [2.45, 2.75) is 25.0 Å². The fraction of sp³-hybridized carbons (Fsp3) is 0.133. The smallest absolute Gasteiger partial charge is 0.264 e. The van der Waals surface area contributed by atoms with Crippen LogP contribution in [0.2, 0.25) is 0 Å². The summed E-state index contributed by atoms with van der Waals surface area (Å²) in [4.78, 5) is 24.9. The van der Waals surface area contributed by atoms with Gasteiger partial charge in [-0.05, 0) is 42.3 Å². The topological polar surface area (TPSA) is 94.5 Å². The van der Waals surface area contributed by atoms with Gasteiger partial charge in [-0.3, -0.25) is 9.59 Å². The van der Waals surface area contributed by atoms with Gasteiger partial charge in [-0.1, -0.05) is 84.4 Å². The normalized spacial score (nSPS) is 11.5. The van der Waals surface area contributed by atoms with E-state index in [0.717, 1.165) is 16.7 Å². The minimum absolute atomic E-state index is 0.0147. The van der Waals surface area contributed by atoms with Crippen molar-refractivity contribution in [3.63, 3.8) is 0 Å². The van der Waals surface area contributed by atoms with Crippen LogP contribution in [0.25, 0.3) is 6.08 Å². The number of ketones is 1. The Balaban J connectivity index is 1.25. The number of benzene rings is 3. The Hall–Kier alpha value is -4.27. The molecule has 0 aliphatic rings. The summed E-state index contributed by atoms with van der Waals surface area (Å²) in [7, 11) is -3.92. The molecular weight excluding hydrogens is 500 g/mol. The van der Waals surface area contributed by atoms with Gasteiger partial charge in [-0.15, -0.1) is 0 Å². The van der Waals surface area contributed by atoms with Gasteiger partial charge in [0.2, 0.25) is 5.78 Å². The molecule has 1 N–H and O–H groups in total. The molecule has 1 heterocycles. The van der Waals surface area contributed by atoms with Crippen LogP contribution < -0.4 is 4.72 Å². The third-order valence-corrected chi connectivity index (χ3v) is 7.16. The molecule has 0 spiro atoms. The lowest BCUT2D eigenvalue weighted by Crippen LogP contribution is -2.33. The first-order valence-corrected chi connectivity index (χ1v) is 13.5. The van der Waals surface area contributed by atoms with E-state index in [9.17, 15) is 18.0 Å². The summed E-state index contributed by atoms with van der Waals surface area (Å²) in [6.07, 6.45) is 5.83. The van der Waals surface area contributed by atoms with Crippen LogP contribution in [0.4, 0.5) is 0 Å². The highest BCUT2D eigenvalue weighted by Crippen LogP contribution is 2.13. The molecule has 0 atom stereocenters. The van der Waals surface area contributed by atoms with E-state index in [1.807, 2.05) is 95.2 Å². The second kappa shape index (κ2) is 12.3. The molecule has 0 radical (unpaired) electrons. The highest BCUT2D eigenvalue weighted by Gasteiger charge is 2.17. The monoisotopic (exact) mass is 528 g/mol. The average molecular weight is 529 g/mol. The van der Waals surface area contributed by atoms with Crippen molar-refractivity contribution < 1.29 is 22.7 Å². The summed E-state index contributed by atoms with van der Waals surface area (Å²) in [6.45, 7) is 2.32. The number of carbonyl (C=O) groups is 2. The van der Waals surface area contributed by atoms with Gasteiger partial charge in [-0.2, -0.15) is 0 Å². The van der Waals surface area contributed by atoms with Gasteiger partial charge in [0.25, 0.3) is 15.9 Å². The molecule has 0 saturated carbocycles. The van der Waals surface area contributed by atoms with Gasteiger partial charge < -0.3 is 9.30 Å². The Bertz CT molecular complexity index is 1520. The maximum absolute atomic E-state index is 12.9. The number of ether oxygens (including phenoxy) is 1. The number of nitrogens with one attached hydrogen (secondary N) is 1. The summed E-state index contributed by atoms with van der Waals surface area (Å²) in [5, 5.41) is 0. The lowest BCUT2D eigenvalue weighted by molar-refractivity contribution is -0.124. The third kappa shape index (κ3) is 7.15. The van der Waals surface area contributed by atoms with Gasteiger partial charge in [0.05, 0.1) is 17.2 Å². The Morgan fingerprint density at radius 2 is 1.61 bits per heavy atom. The molecule has 0 aliphatic heterocycles. The second-order valence-corrected chi connectivity index (χ2v) is 10.4. The minimum atomic E-state index is -3.92. The number of hydrogen-bond acceptors (Lipinski definition) is 5. The molecule has 0 fully saturated rings. The van der Waals surface area contributed by atoms with Crippen molar-refractivity contribution in [3.05, 3.63) is 131 Å². The lowest BCUT2D eigenvalue weighted by Gasteiger charge is -2.08. The molecule has 194 valence electrons. The van der Waals surface area contributed by atoms with Crippen LogP contribution in [0.3, 0.4) is 0 Å². The van der Waals surface area contributed by atoms with Crippen molar-refractivity contribution in [1.29, 1.82) is 0 Å². The van der Waals surface area contributed by atoms with E-state index >= 15 is 0 Å². The van der Waals surface area contributed by atoms with Gasteiger partial charge in [0, 0.05) is 18.3 Å². The van der Waals surface area contributed by atoms with E-state index in [1.165, 1.54) is 12.1 Å². The average Bonchev–Trinajstić information content (AvgIpc) is 3.38. The van der Waals surface area contributed by atoms with Crippen molar-refractivity contribution >= 4 is 27.8 Å². The summed E-state index contributed by atoms with van der Waals surface area (Å²) in [6, 6.07) is 26.5. The van der Waals surface area contributed by atoms with E-state index in [4.69, 9.17) is 4.74 Å². The molecule has 4 rings (SSSR count). The number of allylic oxidation sites excluding steroid dienone is 1. The Morgan fingerprint density at radius 1 is 0.895 bits per heavy atom. The number of carbonyl (C=O) groups excluding carboxylic acids is 2. The number of nitrogens with zero attached hydrogens (tertiary/aromatic N) is 1. The fourth-order valence-electron chi connectivity index (χ4n) is 3.76. The molecule has 7 nitrogen and oxygen atoms in total. The first-order valence-electron chi connectivity index (χ1n) is 12.0. The highest BCUT2D eigenvalue weighted by atomic mass is 32.2. The molecular formula is C30H28N2O5S. The summed E-state index contributed by atoms with van der Waals surface area (Å²) >= 11 is 0. The Kier molecular flexibility index (Phi) is 8.68. The zero-order chi connectivity index (χ0) is 27.0. The summed E-state index contributed by atoms with van der Waals surface area (Å²) < 4.78 is 33.7. The zero-order valence-corrected chi connectivity index (χ0v) is 21.7. The van der Waals surface area contributed by atoms with E-state index in [1.54, 1.807) is 18.2 Å². The molecule has 0 bridgehead atoms.